The second-order valence-electron chi connectivity index (χ2n) is 7.47. The van der Waals surface area contributed by atoms with Crippen LogP contribution in [0.5, 0.6) is 0 Å². The number of halogens is 1. The largest absolute Gasteiger partial charge is 0.378 e. The Bertz CT molecular complexity index is 1080. The lowest BCUT2D eigenvalue weighted by Crippen LogP contribution is -2.42. The topological polar surface area (TPSA) is 76.5 Å². The van der Waals surface area contributed by atoms with Crippen LogP contribution in [0.25, 0.3) is 11.0 Å². The molecule has 1 aliphatic heterocycles. The van der Waals surface area contributed by atoms with Gasteiger partial charge in [-0.05, 0) is 36.8 Å². The van der Waals surface area contributed by atoms with E-state index in [0.29, 0.717) is 56.3 Å². The Morgan fingerprint density at radius 2 is 1.90 bits per heavy atom. The van der Waals surface area contributed by atoms with E-state index in [0.717, 1.165) is 16.9 Å². The second-order valence-corrected chi connectivity index (χ2v) is 7.90. The fourth-order valence-electron chi connectivity index (χ4n) is 3.72. The van der Waals surface area contributed by atoms with Gasteiger partial charge in [-0.2, -0.15) is 0 Å². The number of ether oxygens (including phenoxy) is 1. The van der Waals surface area contributed by atoms with Gasteiger partial charge in [0.15, 0.2) is 0 Å². The van der Waals surface area contributed by atoms with Gasteiger partial charge in [-0.25, -0.2) is 4.98 Å². The van der Waals surface area contributed by atoms with Crippen LogP contribution >= 0.6 is 11.6 Å². The van der Waals surface area contributed by atoms with Crippen LogP contribution in [0, 0.1) is 0 Å². The Balaban J connectivity index is 1.40. The Morgan fingerprint density at radius 3 is 2.71 bits per heavy atom. The number of rotatable bonds is 7. The van der Waals surface area contributed by atoms with Gasteiger partial charge in [-0.3, -0.25) is 9.59 Å². The Hall–Kier alpha value is -2.90. The molecule has 8 heteroatoms. The summed E-state index contributed by atoms with van der Waals surface area (Å²) < 4.78 is 7.34. The molecule has 1 N–H and O–H groups in total. The highest BCUT2D eigenvalue weighted by molar-refractivity contribution is 6.30. The Kier molecular flexibility index (Phi) is 6.84. The first-order chi connectivity index (χ1) is 15.1. The third-order valence-electron chi connectivity index (χ3n) is 5.34. The van der Waals surface area contributed by atoms with E-state index in [4.69, 9.17) is 21.3 Å². The molecule has 0 radical (unpaired) electrons. The summed E-state index contributed by atoms with van der Waals surface area (Å²) >= 11 is 5.96. The minimum atomic E-state index is -0.154. The highest BCUT2D eigenvalue weighted by Gasteiger charge is 2.20. The van der Waals surface area contributed by atoms with Gasteiger partial charge >= 0.3 is 0 Å². The van der Waals surface area contributed by atoms with E-state index >= 15 is 0 Å². The predicted molar refractivity (Wildman–Crippen MR) is 119 cm³/mol. The van der Waals surface area contributed by atoms with Crippen molar-refractivity contribution in [3.8, 4) is 0 Å². The lowest BCUT2D eigenvalue weighted by molar-refractivity contribution is -0.135. The third kappa shape index (κ3) is 5.24. The van der Waals surface area contributed by atoms with E-state index < -0.39 is 0 Å². The van der Waals surface area contributed by atoms with Crippen LogP contribution in [0.4, 0.5) is 0 Å². The van der Waals surface area contributed by atoms with Gasteiger partial charge in [0.25, 0.3) is 5.91 Å². The molecule has 0 bridgehead atoms. The summed E-state index contributed by atoms with van der Waals surface area (Å²) in [6, 6.07) is 14.7. The van der Waals surface area contributed by atoms with Gasteiger partial charge in [0.05, 0.1) is 24.2 Å². The number of fused-ring (bicyclic) bond motifs is 1. The van der Waals surface area contributed by atoms with Crippen LogP contribution in [0.1, 0.15) is 22.6 Å². The predicted octanol–water partition coefficient (Wildman–Crippen LogP) is 2.91. The number of amides is 2. The number of carbonyl (C=O) groups is 2. The van der Waals surface area contributed by atoms with Crippen molar-refractivity contribution in [3.63, 3.8) is 0 Å². The van der Waals surface area contributed by atoms with Crippen LogP contribution < -0.4 is 5.32 Å². The molecule has 4 rings (SSSR count). The maximum Gasteiger partial charge on any atom is 0.251 e. The quantitative estimate of drug-likeness (QED) is 0.573. The molecule has 0 atom stereocenters. The highest BCUT2D eigenvalue weighted by atomic mass is 35.5. The van der Waals surface area contributed by atoms with Crippen molar-refractivity contribution in [2.75, 3.05) is 32.8 Å². The zero-order chi connectivity index (χ0) is 21.6. The number of aryl methyl sites for hydroxylation is 1. The monoisotopic (exact) mass is 440 g/mol. The van der Waals surface area contributed by atoms with Crippen molar-refractivity contribution in [1.82, 2.24) is 19.8 Å². The molecule has 1 aromatic heterocycles. The van der Waals surface area contributed by atoms with Gasteiger partial charge in [-0.15, -0.1) is 0 Å². The van der Waals surface area contributed by atoms with Crippen LogP contribution in [0.15, 0.2) is 48.5 Å². The summed E-state index contributed by atoms with van der Waals surface area (Å²) in [4.78, 5) is 31.7. The van der Waals surface area contributed by atoms with E-state index in [1.54, 1.807) is 24.3 Å². The lowest BCUT2D eigenvalue weighted by atomic mass is 10.2. The second kappa shape index (κ2) is 9.94. The Morgan fingerprint density at radius 1 is 1.10 bits per heavy atom. The van der Waals surface area contributed by atoms with Crippen LogP contribution in [0.2, 0.25) is 5.02 Å². The van der Waals surface area contributed by atoms with Gasteiger partial charge in [0, 0.05) is 36.6 Å². The van der Waals surface area contributed by atoms with Crippen molar-refractivity contribution in [3.05, 3.63) is 64.9 Å². The van der Waals surface area contributed by atoms with E-state index in [1.165, 1.54) is 0 Å². The van der Waals surface area contributed by atoms with E-state index in [9.17, 15) is 9.59 Å². The van der Waals surface area contributed by atoms with Gasteiger partial charge in [0.1, 0.15) is 12.4 Å². The van der Waals surface area contributed by atoms with Crippen molar-refractivity contribution >= 4 is 34.4 Å². The number of imidazole rings is 1. The number of nitrogens with one attached hydrogen (secondary N) is 1. The zero-order valence-corrected chi connectivity index (χ0v) is 18.0. The molecular formula is C23H25ClN4O3. The van der Waals surface area contributed by atoms with Crippen molar-refractivity contribution < 1.29 is 14.3 Å². The van der Waals surface area contributed by atoms with E-state index in [1.807, 2.05) is 33.7 Å². The average Bonchev–Trinajstić information content (AvgIpc) is 3.14. The summed E-state index contributed by atoms with van der Waals surface area (Å²) in [6.07, 6.45) is 1.36. The molecule has 2 heterocycles. The highest BCUT2D eigenvalue weighted by Crippen LogP contribution is 2.18. The van der Waals surface area contributed by atoms with Gasteiger partial charge < -0.3 is 19.5 Å². The zero-order valence-electron chi connectivity index (χ0n) is 17.2. The molecule has 162 valence electrons. The third-order valence-corrected chi connectivity index (χ3v) is 5.58. The minimum Gasteiger partial charge on any atom is -0.378 e. The fourth-order valence-corrected chi connectivity index (χ4v) is 3.91. The number of benzene rings is 2. The molecule has 0 unspecified atom stereocenters. The number of morpholine rings is 1. The summed E-state index contributed by atoms with van der Waals surface area (Å²) in [6.45, 7) is 3.16. The summed E-state index contributed by atoms with van der Waals surface area (Å²) in [5.74, 6) is 0.764. The maximum absolute atomic E-state index is 12.8. The lowest BCUT2D eigenvalue weighted by Gasteiger charge is -2.27. The molecule has 0 saturated carbocycles. The van der Waals surface area contributed by atoms with Crippen molar-refractivity contribution in [2.24, 2.45) is 0 Å². The molecular weight excluding hydrogens is 416 g/mol. The number of aromatic nitrogens is 2. The van der Waals surface area contributed by atoms with Gasteiger partial charge in [0.2, 0.25) is 5.91 Å². The molecule has 1 aliphatic rings. The molecule has 1 fully saturated rings. The summed E-state index contributed by atoms with van der Waals surface area (Å²) in [5, 5.41) is 3.45. The average molecular weight is 441 g/mol. The molecule has 1 saturated heterocycles. The molecule has 3 aromatic rings. The smallest absolute Gasteiger partial charge is 0.251 e. The first-order valence-corrected chi connectivity index (χ1v) is 10.8. The maximum atomic E-state index is 12.8. The summed E-state index contributed by atoms with van der Waals surface area (Å²) in [5.41, 5.74) is 2.35. The SMILES string of the molecule is O=C(NCCCc1nc2ccccc2n1CC(=O)N1CCOCC1)c1cccc(Cl)c1. The van der Waals surface area contributed by atoms with E-state index in [-0.39, 0.29) is 18.4 Å². The number of para-hydroxylation sites is 2. The van der Waals surface area contributed by atoms with Crippen LogP contribution in [0.3, 0.4) is 0 Å². The van der Waals surface area contributed by atoms with Crippen LogP contribution in [-0.2, 0) is 22.5 Å². The number of carbonyl (C=O) groups excluding carboxylic acids is 2. The van der Waals surface area contributed by atoms with E-state index in [2.05, 4.69) is 5.32 Å². The van der Waals surface area contributed by atoms with Crippen molar-refractivity contribution in [2.45, 2.75) is 19.4 Å². The number of nitrogens with zero attached hydrogens (tertiary/aromatic N) is 3. The molecule has 0 aliphatic carbocycles. The van der Waals surface area contributed by atoms with Crippen LogP contribution in [-0.4, -0.2) is 59.1 Å². The number of hydrogen-bond acceptors (Lipinski definition) is 4. The standard InChI is InChI=1S/C23H25ClN4O3/c24-18-6-3-5-17(15-18)23(30)25-10-4-9-21-26-19-7-1-2-8-20(19)28(21)16-22(29)27-11-13-31-14-12-27/h1-3,5-8,15H,4,9-14,16H2,(H,25,30). The molecule has 0 spiro atoms. The molecule has 2 amide bonds. The molecule has 2 aromatic carbocycles. The Labute approximate surface area is 186 Å². The van der Waals surface area contributed by atoms with Crippen molar-refractivity contribution in [1.29, 1.82) is 0 Å². The molecule has 31 heavy (non-hydrogen) atoms. The first kappa shape index (κ1) is 21.3. The summed E-state index contributed by atoms with van der Waals surface area (Å²) in [7, 11) is 0. The molecule has 7 nitrogen and oxygen atoms in total. The number of hydrogen-bond donors (Lipinski definition) is 1. The van der Waals surface area contributed by atoms with Gasteiger partial charge in [-0.1, -0.05) is 29.8 Å². The first-order valence-electron chi connectivity index (χ1n) is 10.5. The normalized spacial score (nSPS) is 14.0. The fraction of sp³-hybridized carbons (Fsp3) is 0.348. The minimum absolute atomic E-state index is 0.0713.